The van der Waals surface area contributed by atoms with Crippen LogP contribution in [0.4, 0.5) is 13.2 Å². The molecule has 0 aliphatic carbocycles. The standard InChI is InChI=1S/C53H33F3N4/c1-32-11-15-36(16-12-32)38-19-21-48-44(28-38)42-7-3-5-9-46(42)59(48)50-25-35(31-58)26-51(52(50)40-23-34(30-57)24-41(27-40)53(54,55)56)60-47-10-6-4-8-43(47)45-29-39(20-22-49(45)60)37-17-13-33(2)14-18-37/h3-29H,1-2H3. The second kappa shape index (κ2) is 13.9. The Bertz CT molecular complexity index is 3260. The third kappa shape index (κ3) is 5.99. The van der Waals surface area contributed by atoms with Crippen molar-refractivity contribution >= 4 is 43.6 Å². The average molecular weight is 783 g/mol. The SMILES string of the molecule is Cc1ccc(-c2ccc3c(c2)c2ccccc2n3-c2cc(C#N)cc(-n3c4ccccc4c4cc(-c5ccc(C)cc5)ccc43)c2-c2cc(C#N)cc(C(F)(F)F)c2)cc1. The summed E-state index contributed by atoms with van der Waals surface area (Å²) in [7, 11) is 0. The fourth-order valence-electron chi connectivity index (χ4n) is 8.64. The molecule has 10 rings (SSSR count). The zero-order chi connectivity index (χ0) is 41.3. The molecular formula is C53H33F3N4. The summed E-state index contributed by atoms with van der Waals surface area (Å²) >= 11 is 0. The Labute approximate surface area is 343 Å². The van der Waals surface area contributed by atoms with E-state index >= 15 is 0 Å². The Hall–Kier alpha value is -7.87. The Morgan fingerprint density at radius 1 is 0.417 bits per heavy atom. The molecule has 2 heterocycles. The van der Waals surface area contributed by atoms with Gasteiger partial charge >= 0.3 is 6.18 Å². The minimum atomic E-state index is -4.73. The van der Waals surface area contributed by atoms with Gasteiger partial charge in [0.15, 0.2) is 0 Å². The first kappa shape index (κ1) is 36.5. The lowest BCUT2D eigenvalue weighted by atomic mass is 9.94. The summed E-state index contributed by atoms with van der Waals surface area (Å²) in [5.74, 6) is 0. The Morgan fingerprint density at radius 2 is 0.833 bits per heavy atom. The molecule has 286 valence electrons. The van der Waals surface area contributed by atoms with Gasteiger partial charge in [-0.05, 0) is 108 Å². The van der Waals surface area contributed by atoms with E-state index in [-0.39, 0.29) is 11.1 Å². The van der Waals surface area contributed by atoms with Crippen LogP contribution in [-0.2, 0) is 6.18 Å². The average Bonchev–Trinajstić information content (AvgIpc) is 3.78. The highest BCUT2D eigenvalue weighted by molar-refractivity contribution is 6.13. The number of hydrogen-bond donors (Lipinski definition) is 0. The number of aromatic nitrogens is 2. The third-order valence-electron chi connectivity index (χ3n) is 11.5. The Morgan fingerprint density at radius 3 is 1.28 bits per heavy atom. The van der Waals surface area contributed by atoms with Crippen LogP contribution in [0.5, 0.6) is 0 Å². The molecule has 0 bridgehead atoms. The van der Waals surface area contributed by atoms with Crippen LogP contribution in [0.15, 0.2) is 164 Å². The van der Waals surface area contributed by atoms with Gasteiger partial charge in [0.2, 0.25) is 0 Å². The lowest BCUT2D eigenvalue weighted by molar-refractivity contribution is -0.137. The summed E-state index contributed by atoms with van der Waals surface area (Å²) in [6, 6.07) is 56.3. The smallest absolute Gasteiger partial charge is 0.308 e. The van der Waals surface area contributed by atoms with Crippen LogP contribution < -0.4 is 0 Å². The largest absolute Gasteiger partial charge is 0.416 e. The summed E-state index contributed by atoms with van der Waals surface area (Å²) in [4.78, 5) is 0. The molecule has 0 N–H and O–H groups in total. The molecule has 0 saturated carbocycles. The molecule has 8 aromatic carbocycles. The van der Waals surface area contributed by atoms with E-state index in [0.717, 1.165) is 89.1 Å². The summed E-state index contributed by atoms with van der Waals surface area (Å²) in [5.41, 5.74) is 10.6. The Balaban J connectivity index is 1.34. The number of hydrogen-bond acceptors (Lipinski definition) is 2. The molecular weight excluding hydrogens is 750 g/mol. The van der Waals surface area contributed by atoms with Gasteiger partial charge in [0.1, 0.15) is 0 Å². The molecule has 0 fully saturated rings. The van der Waals surface area contributed by atoms with Gasteiger partial charge in [-0.2, -0.15) is 23.7 Å². The number of nitrogens with zero attached hydrogens (tertiary/aromatic N) is 4. The first-order valence-electron chi connectivity index (χ1n) is 19.5. The van der Waals surface area contributed by atoms with Gasteiger partial charge in [0, 0.05) is 27.1 Å². The summed E-state index contributed by atoms with van der Waals surface area (Å²) < 4.78 is 48.3. The van der Waals surface area contributed by atoms with E-state index in [1.807, 2.05) is 102 Å². The fourth-order valence-corrected chi connectivity index (χ4v) is 8.64. The fraction of sp³-hybridized carbons (Fsp3) is 0.0566. The highest BCUT2D eigenvalue weighted by Gasteiger charge is 2.33. The molecule has 2 aromatic heterocycles. The Kier molecular flexibility index (Phi) is 8.45. The highest BCUT2D eigenvalue weighted by atomic mass is 19.4. The molecule has 0 aliphatic rings. The van der Waals surface area contributed by atoms with E-state index in [0.29, 0.717) is 22.5 Å². The van der Waals surface area contributed by atoms with Crippen molar-refractivity contribution in [3.63, 3.8) is 0 Å². The number of alkyl halides is 3. The van der Waals surface area contributed by atoms with Crippen LogP contribution in [-0.4, -0.2) is 9.13 Å². The molecule has 7 heteroatoms. The minimum absolute atomic E-state index is 0.129. The van der Waals surface area contributed by atoms with Crippen LogP contribution >= 0.6 is 0 Å². The summed E-state index contributed by atoms with van der Waals surface area (Å²) in [5, 5.41) is 24.7. The van der Waals surface area contributed by atoms with E-state index in [2.05, 4.69) is 66.7 Å². The number of halogens is 3. The van der Waals surface area contributed by atoms with Crippen molar-refractivity contribution in [3.8, 4) is 56.9 Å². The van der Waals surface area contributed by atoms with Gasteiger partial charge < -0.3 is 9.13 Å². The van der Waals surface area contributed by atoms with E-state index in [1.54, 1.807) is 12.1 Å². The first-order chi connectivity index (χ1) is 29.1. The van der Waals surface area contributed by atoms with Crippen LogP contribution in [0.2, 0.25) is 0 Å². The van der Waals surface area contributed by atoms with Crippen molar-refractivity contribution in [2.24, 2.45) is 0 Å². The molecule has 4 nitrogen and oxygen atoms in total. The number of rotatable bonds is 5. The number of benzene rings is 8. The van der Waals surface area contributed by atoms with E-state index in [4.69, 9.17) is 0 Å². The van der Waals surface area contributed by atoms with Crippen molar-refractivity contribution in [2.45, 2.75) is 20.0 Å². The molecule has 0 saturated heterocycles. The van der Waals surface area contributed by atoms with Gasteiger partial charge in [0.25, 0.3) is 0 Å². The zero-order valence-corrected chi connectivity index (χ0v) is 32.5. The predicted molar refractivity (Wildman–Crippen MR) is 235 cm³/mol. The van der Waals surface area contributed by atoms with Crippen molar-refractivity contribution in [3.05, 3.63) is 192 Å². The zero-order valence-electron chi connectivity index (χ0n) is 32.5. The van der Waals surface area contributed by atoms with Gasteiger partial charge in [-0.3, -0.25) is 0 Å². The maximum Gasteiger partial charge on any atom is 0.416 e. The first-order valence-corrected chi connectivity index (χ1v) is 19.5. The van der Waals surface area contributed by atoms with Gasteiger partial charge in [0.05, 0.1) is 62.3 Å². The topological polar surface area (TPSA) is 57.4 Å². The van der Waals surface area contributed by atoms with Crippen molar-refractivity contribution in [1.29, 1.82) is 10.5 Å². The minimum Gasteiger partial charge on any atom is -0.308 e. The maximum atomic E-state index is 14.7. The van der Waals surface area contributed by atoms with E-state index < -0.39 is 11.7 Å². The van der Waals surface area contributed by atoms with Gasteiger partial charge in [-0.15, -0.1) is 0 Å². The molecule has 0 aliphatic heterocycles. The second-order valence-electron chi connectivity index (χ2n) is 15.3. The van der Waals surface area contributed by atoms with Crippen LogP contribution in [0.25, 0.3) is 88.4 Å². The summed E-state index contributed by atoms with van der Waals surface area (Å²) in [6.45, 7) is 4.10. The number of aryl methyl sites for hydroxylation is 2. The molecule has 0 amide bonds. The monoisotopic (exact) mass is 782 g/mol. The molecule has 10 aromatic rings. The molecule has 0 radical (unpaired) electrons. The van der Waals surface area contributed by atoms with Crippen LogP contribution in [0, 0.1) is 36.5 Å². The van der Waals surface area contributed by atoms with E-state index in [9.17, 15) is 23.7 Å². The van der Waals surface area contributed by atoms with Gasteiger partial charge in [-0.1, -0.05) is 108 Å². The molecule has 0 spiro atoms. The molecule has 0 atom stereocenters. The van der Waals surface area contributed by atoms with E-state index in [1.165, 1.54) is 6.07 Å². The quantitative estimate of drug-likeness (QED) is 0.175. The third-order valence-corrected chi connectivity index (χ3v) is 11.5. The lowest BCUT2D eigenvalue weighted by Gasteiger charge is -2.22. The van der Waals surface area contributed by atoms with Crippen molar-refractivity contribution in [1.82, 2.24) is 9.13 Å². The van der Waals surface area contributed by atoms with Crippen LogP contribution in [0.1, 0.15) is 27.8 Å². The maximum absolute atomic E-state index is 14.7. The number of para-hydroxylation sites is 2. The van der Waals surface area contributed by atoms with Crippen LogP contribution in [0.3, 0.4) is 0 Å². The van der Waals surface area contributed by atoms with Crippen molar-refractivity contribution in [2.75, 3.05) is 0 Å². The number of fused-ring (bicyclic) bond motifs is 6. The van der Waals surface area contributed by atoms with Gasteiger partial charge in [-0.25, -0.2) is 0 Å². The summed E-state index contributed by atoms with van der Waals surface area (Å²) in [6.07, 6.45) is -4.73. The lowest BCUT2D eigenvalue weighted by Crippen LogP contribution is -2.08. The highest BCUT2D eigenvalue weighted by Crippen LogP contribution is 2.45. The van der Waals surface area contributed by atoms with Crippen molar-refractivity contribution < 1.29 is 13.2 Å². The second-order valence-corrected chi connectivity index (χ2v) is 15.3. The normalized spacial score (nSPS) is 11.7. The molecule has 60 heavy (non-hydrogen) atoms. The predicted octanol–water partition coefficient (Wildman–Crippen LogP) is 14.3. The molecule has 0 unspecified atom stereocenters. The number of nitriles is 2.